The van der Waals surface area contributed by atoms with Gasteiger partial charge in [-0.25, -0.2) is 8.42 Å². The molecule has 0 bridgehead atoms. The Bertz CT molecular complexity index is 1110. The van der Waals surface area contributed by atoms with Crippen molar-refractivity contribution in [3.8, 4) is 11.5 Å². The third kappa shape index (κ3) is 4.14. The van der Waals surface area contributed by atoms with Gasteiger partial charge in [-0.05, 0) is 69.2 Å². The molecule has 0 unspecified atom stereocenters. The number of anilines is 1. The number of aliphatic hydroxyl groups is 1. The molecular weight excluding hydrogens is 432 g/mol. The van der Waals surface area contributed by atoms with Crippen LogP contribution in [0.1, 0.15) is 44.7 Å². The van der Waals surface area contributed by atoms with Gasteiger partial charge in [0.2, 0.25) is 5.91 Å². The van der Waals surface area contributed by atoms with E-state index in [9.17, 15) is 18.3 Å². The number of hydrogen-bond acceptors (Lipinski definition) is 6. The SMILES string of the molecule is COc1ccc(NS(=O)(=O)c2ccc3c(c2)[C@H](N2CCCCC2=O)[C@@H](O)C(C)(C)O3)cc1. The summed E-state index contributed by atoms with van der Waals surface area (Å²) in [5, 5.41) is 11.1. The number of fused-ring (bicyclic) bond motifs is 1. The van der Waals surface area contributed by atoms with Gasteiger partial charge in [0.05, 0.1) is 18.0 Å². The number of rotatable bonds is 5. The number of benzene rings is 2. The second-order valence-electron chi connectivity index (χ2n) is 8.67. The van der Waals surface area contributed by atoms with Gasteiger partial charge in [-0.3, -0.25) is 9.52 Å². The first-order chi connectivity index (χ1) is 15.1. The molecule has 2 aromatic rings. The van der Waals surface area contributed by atoms with E-state index in [1.807, 2.05) is 0 Å². The highest BCUT2D eigenvalue weighted by Crippen LogP contribution is 2.44. The number of amides is 1. The van der Waals surface area contributed by atoms with Gasteiger partial charge in [-0.1, -0.05) is 0 Å². The highest BCUT2D eigenvalue weighted by molar-refractivity contribution is 7.92. The van der Waals surface area contributed by atoms with Crippen molar-refractivity contribution in [2.45, 2.75) is 55.8 Å². The summed E-state index contributed by atoms with van der Waals surface area (Å²) in [6.45, 7) is 4.03. The van der Waals surface area contributed by atoms with Crippen molar-refractivity contribution in [2.24, 2.45) is 0 Å². The van der Waals surface area contributed by atoms with E-state index in [1.54, 1.807) is 49.1 Å². The zero-order chi connectivity index (χ0) is 23.1. The molecular formula is C23H28N2O6S. The topological polar surface area (TPSA) is 105 Å². The molecule has 4 rings (SSSR count). The molecule has 2 atom stereocenters. The number of ether oxygens (including phenoxy) is 2. The first kappa shape index (κ1) is 22.4. The molecule has 2 aliphatic heterocycles. The minimum Gasteiger partial charge on any atom is -0.497 e. The Labute approximate surface area is 188 Å². The van der Waals surface area contributed by atoms with Gasteiger partial charge in [-0.15, -0.1) is 0 Å². The predicted molar refractivity (Wildman–Crippen MR) is 119 cm³/mol. The van der Waals surface area contributed by atoms with Crippen LogP contribution in [0.5, 0.6) is 11.5 Å². The maximum absolute atomic E-state index is 13.1. The second-order valence-corrected chi connectivity index (χ2v) is 10.4. The van der Waals surface area contributed by atoms with E-state index in [0.29, 0.717) is 35.7 Å². The van der Waals surface area contributed by atoms with Crippen molar-refractivity contribution in [2.75, 3.05) is 18.4 Å². The van der Waals surface area contributed by atoms with Gasteiger partial charge in [0.25, 0.3) is 10.0 Å². The standard InChI is InChI=1S/C23H28N2O6S/c1-23(2)22(27)21(25-13-5-4-6-20(25)26)18-14-17(11-12-19(18)31-23)32(28,29)24-15-7-9-16(30-3)10-8-15/h7-12,14,21-22,24,27H,4-6,13H2,1-3H3/t21-,22+/m0/s1. The Morgan fingerprint density at radius 3 is 2.53 bits per heavy atom. The quantitative estimate of drug-likeness (QED) is 0.711. The minimum atomic E-state index is -3.91. The summed E-state index contributed by atoms with van der Waals surface area (Å²) in [6, 6.07) is 10.4. The molecule has 1 saturated heterocycles. The third-order valence-corrected chi connectivity index (χ3v) is 7.41. The molecule has 0 spiro atoms. The maximum Gasteiger partial charge on any atom is 0.261 e. The summed E-state index contributed by atoms with van der Waals surface area (Å²) in [6.07, 6.45) is 1.05. The predicted octanol–water partition coefficient (Wildman–Crippen LogP) is 3.08. The third-order valence-electron chi connectivity index (χ3n) is 6.03. The number of likely N-dealkylation sites (tertiary alicyclic amines) is 1. The summed E-state index contributed by atoms with van der Waals surface area (Å²) in [7, 11) is -2.38. The number of methoxy groups -OCH3 is 1. The van der Waals surface area contributed by atoms with Crippen molar-refractivity contribution in [3.05, 3.63) is 48.0 Å². The van der Waals surface area contributed by atoms with Crippen LogP contribution in [0.15, 0.2) is 47.4 Å². The summed E-state index contributed by atoms with van der Waals surface area (Å²) < 4.78 is 39.8. The van der Waals surface area contributed by atoms with Crippen LogP contribution < -0.4 is 14.2 Å². The van der Waals surface area contributed by atoms with Crippen LogP contribution >= 0.6 is 0 Å². The normalized spacial score (nSPS) is 22.6. The van der Waals surface area contributed by atoms with Gasteiger partial charge in [0, 0.05) is 24.2 Å². The lowest BCUT2D eigenvalue weighted by molar-refractivity contribution is -0.147. The largest absolute Gasteiger partial charge is 0.497 e. The Balaban J connectivity index is 1.72. The Kier molecular flexibility index (Phi) is 5.81. The number of nitrogens with one attached hydrogen (secondary N) is 1. The first-order valence-corrected chi connectivity index (χ1v) is 12.1. The van der Waals surface area contributed by atoms with Crippen LogP contribution in [0.4, 0.5) is 5.69 Å². The lowest BCUT2D eigenvalue weighted by Crippen LogP contribution is -2.55. The van der Waals surface area contributed by atoms with E-state index >= 15 is 0 Å². The molecule has 8 nitrogen and oxygen atoms in total. The van der Waals surface area contributed by atoms with Crippen LogP contribution in [0.25, 0.3) is 0 Å². The van der Waals surface area contributed by atoms with Gasteiger partial charge < -0.3 is 19.5 Å². The van der Waals surface area contributed by atoms with Crippen LogP contribution in [0, 0.1) is 0 Å². The van der Waals surface area contributed by atoms with Gasteiger partial charge in [-0.2, -0.15) is 0 Å². The Morgan fingerprint density at radius 1 is 1.16 bits per heavy atom. The molecule has 2 aliphatic rings. The number of carbonyl (C=O) groups is 1. The first-order valence-electron chi connectivity index (χ1n) is 10.6. The molecule has 0 aromatic heterocycles. The van der Waals surface area contributed by atoms with E-state index in [0.717, 1.165) is 12.8 Å². The minimum absolute atomic E-state index is 0.0250. The lowest BCUT2D eigenvalue weighted by atomic mass is 9.84. The number of aliphatic hydroxyl groups excluding tert-OH is 1. The summed E-state index contributed by atoms with van der Waals surface area (Å²) in [4.78, 5) is 14.4. The highest BCUT2D eigenvalue weighted by atomic mass is 32.2. The average molecular weight is 461 g/mol. The van der Waals surface area contributed by atoms with E-state index < -0.39 is 27.8 Å². The molecule has 0 radical (unpaired) electrons. The van der Waals surface area contributed by atoms with E-state index in [4.69, 9.17) is 9.47 Å². The van der Waals surface area contributed by atoms with Crippen molar-refractivity contribution in [1.82, 2.24) is 4.90 Å². The van der Waals surface area contributed by atoms with Gasteiger partial charge in [0.1, 0.15) is 23.2 Å². The number of piperidine rings is 1. The molecule has 2 N–H and O–H groups in total. The summed E-state index contributed by atoms with van der Waals surface area (Å²) >= 11 is 0. The van der Waals surface area contributed by atoms with Crippen LogP contribution in [-0.4, -0.2) is 49.7 Å². The van der Waals surface area contributed by atoms with Crippen molar-refractivity contribution in [3.63, 3.8) is 0 Å². The number of carbonyl (C=O) groups excluding carboxylic acids is 1. The number of sulfonamides is 1. The maximum atomic E-state index is 13.1. The van der Waals surface area contributed by atoms with Crippen LogP contribution in [-0.2, 0) is 14.8 Å². The van der Waals surface area contributed by atoms with Gasteiger partial charge in [0.15, 0.2) is 0 Å². The van der Waals surface area contributed by atoms with Crippen LogP contribution in [0.3, 0.4) is 0 Å². The number of nitrogens with zero attached hydrogens (tertiary/aromatic N) is 1. The van der Waals surface area contributed by atoms with Crippen molar-refractivity contribution in [1.29, 1.82) is 0 Å². The molecule has 0 saturated carbocycles. The average Bonchev–Trinajstić information content (AvgIpc) is 2.75. The van der Waals surface area contributed by atoms with E-state index in [1.165, 1.54) is 19.2 Å². The number of hydrogen-bond donors (Lipinski definition) is 2. The summed E-state index contributed by atoms with van der Waals surface area (Å²) in [5.41, 5.74) is -0.0506. The van der Waals surface area contributed by atoms with Crippen molar-refractivity contribution < 1.29 is 27.8 Å². The van der Waals surface area contributed by atoms with Crippen LogP contribution in [0.2, 0.25) is 0 Å². The zero-order valence-corrected chi connectivity index (χ0v) is 19.2. The fourth-order valence-electron chi connectivity index (χ4n) is 4.24. The summed E-state index contributed by atoms with van der Waals surface area (Å²) in [5.74, 6) is 1.03. The molecule has 2 heterocycles. The Hall–Kier alpha value is -2.78. The zero-order valence-electron chi connectivity index (χ0n) is 18.4. The molecule has 1 amide bonds. The molecule has 1 fully saturated rings. The molecule has 9 heteroatoms. The lowest BCUT2D eigenvalue weighted by Gasteiger charge is -2.47. The highest BCUT2D eigenvalue weighted by Gasteiger charge is 2.47. The molecule has 2 aromatic carbocycles. The van der Waals surface area contributed by atoms with Gasteiger partial charge >= 0.3 is 0 Å². The second kappa shape index (κ2) is 8.29. The van der Waals surface area contributed by atoms with E-state index in [-0.39, 0.29) is 10.8 Å². The molecule has 32 heavy (non-hydrogen) atoms. The van der Waals surface area contributed by atoms with Crippen molar-refractivity contribution >= 4 is 21.6 Å². The van der Waals surface area contributed by atoms with E-state index in [2.05, 4.69) is 4.72 Å². The monoisotopic (exact) mass is 460 g/mol. The molecule has 0 aliphatic carbocycles. The molecule has 172 valence electrons. The smallest absolute Gasteiger partial charge is 0.261 e. The fourth-order valence-corrected chi connectivity index (χ4v) is 5.34. The fraction of sp³-hybridized carbons (Fsp3) is 0.435. The Morgan fingerprint density at radius 2 is 1.88 bits per heavy atom.